The van der Waals surface area contributed by atoms with Crippen molar-refractivity contribution in [2.45, 2.75) is 20.3 Å². The van der Waals surface area contributed by atoms with E-state index in [1.54, 1.807) is 0 Å². The summed E-state index contributed by atoms with van der Waals surface area (Å²) in [5, 5.41) is 0. The summed E-state index contributed by atoms with van der Waals surface area (Å²) >= 11 is 7.05. The summed E-state index contributed by atoms with van der Waals surface area (Å²) in [5.41, 5.74) is 1.88. The lowest BCUT2D eigenvalue weighted by Crippen LogP contribution is -2.35. The molecule has 0 aromatic heterocycles. The first-order chi connectivity index (χ1) is 10.0. The number of nitrogens with zero attached hydrogens (tertiary/aromatic N) is 1. The molecule has 0 saturated carbocycles. The average molecular weight is 417 g/mol. The minimum atomic E-state index is 0.251. The monoisotopic (exact) mass is 415 g/mol. The summed E-state index contributed by atoms with van der Waals surface area (Å²) < 4.78 is 7.36. The van der Waals surface area contributed by atoms with Crippen LogP contribution in [0.1, 0.15) is 25.8 Å². The lowest BCUT2D eigenvalue weighted by molar-refractivity contribution is -0.117. The molecule has 1 aromatic carbocycles. The molecule has 0 unspecified atom stereocenters. The lowest BCUT2D eigenvalue weighted by Gasteiger charge is -2.26. The Labute approximate surface area is 142 Å². The molecule has 0 bridgehead atoms. The van der Waals surface area contributed by atoms with Gasteiger partial charge in [-0.05, 0) is 69.1 Å². The molecule has 1 aromatic rings. The first-order valence-corrected chi connectivity index (χ1v) is 8.71. The number of hydrogen-bond acceptors (Lipinski definition) is 3. The Morgan fingerprint density at radius 3 is 2.52 bits per heavy atom. The molecule has 0 atom stereocenters. The molecule has 1 fully saturated rings. The Morgan fingerprint density at radius 1 is 1.29 bits per heavy atom. The van der Waals surface area contributed by atoms with Crippen LogP contribution in [-0.4, -0.2) is 36.9 Å². The number of benzene rings is 1. The molecule has 0 radical (unpaired) electrons. The number of ether oxygens (including phenoxy) is 1. The molecule has 0 N–H and O–H groups in total. The van der Waals surface area contributed by atoms with Crippen LogP contribution < -0.4 is 4.74 Å². The summed E-state index contributed by atoms with van der Waals surface area (Å²) in [7, 11) is 0. The number of carbonyl (C=O) groups is 1. The molecule has 21 heavy (non-hydrogen) atoms. The van der Waals surface area contributed by atoms with Gasteiger partial charge in [-0.2, -0.15) is 0 Å². The van der Waals surface area contributed by atoms with E-state index in [1.807, 2.05) is 25.1 Å². The molecule has 3 nitrogen and oxygen atoms in total. The highest BCUT2D eigenvalue weighted by molar-refractivity contribution is 9.11. The number of hydrogen-bond donors (Lipinski definition) is 0. The average Bonchev–Trinajstić information content (AvgIpc) is 2.45. The largest absolute Gasteiger partial charge is 0.492 e. The van der Waals surface area contributed by atoms with Crippen LogP contribution in [-0.2, 0) is 4.79 Å². The third-order valence-corrected chi connectivity index (χ3v) is 4.68. The molecule has 114 valence electrons. The summed E-state index contributed by atoms with van der Waals surface area (Å²) in [4.78, 5) is 14.3. The van der Waals surface area contributed by atoms with Crippen molar-refractivity contribution in [1.29, 1.82) is 0 Å². The number of halogens is 2. The van der Waals surface area contributed by atoms with Crippen LogP contribution in [0.5, 0.6) is 5.75 Å². The van der Waals surface area contributed by atoms with Crippen molar-refractivity contribution < 1.29 is 9.53 Å². The van der Waals surface area contributed by atoms with Gasteiger partial charge in [0.1, 0.15) is 5.75 Å². The van der Waals surface area contributed by atoms with Crippen LogP contribution in [0.25, 0.3) is 6.08 Å². The second-order valence-electron chi connectivity index (χ2n) is 4.96. The molecule has 1 aliphatic rings. The number of ketones is 1. The fraction of sp³-hybridized carbons (Fsp3) is 0.438. The van der Waals surface area contributed by atoms with Crippen LogP contribution in [0, 0.1) is 0 Å². The number of likely N-dealkylation sites (tertiary alicyclic amines) is 1. The van der Waals surface area contributed by atoms with Crippen molar-refractivity contribution in [3.05, 3.63) is 32.2 Å². The quantitative estimate of drug-likeness (QED) is 0.685. The second kappa shape index (κ2) is 7.56. The van der Waals surface area contributed by atoms with Gasteiger partial charge in [-0.1, -0.05) is 6.92 Å². The van der Waals surface area contributed by atoms with Gasteiger partial charge in [0.25, 0.3) is 0 Å². The van der Waals surface area contributed by atoms with Gasteiger partial charge in [-0.25, -0.2) is 0 Å². The highest BCUT2D eigenvalue weighted by Gasteiger charge is 2.20. The van der Waals surface area contributed by atoms with E-state index in [-0.39, 0.29) is 5.78 Å². The van der Waals surface area contributed by atoms with E-state index in [0.717, 1.165) is 45.5 Å². The molecular weight excluding hydrogens is 398 g/mol. The SMILES string of the molecule is CCOc1c(Br)cc(/C=C2\CN(CC)CCC2=O)cc1Br. The van der Waals surface area contributed by atoms with Crippen molar-refractivity contribution in [2.75, 3.05) is 26.2 Å². The van der Waals surface area contributed by atoms with Crippen molar-refractivity contribution in [1.82, 2.24) is 4.90 Å². The minimum absolute atomic E-state index is 0.251. The summed E-state index contributed by atoms with van der Waals surface area (Å²) in [6.45, 7) is 7.26. The highest BCUT2D eigenvalue weighted by atomic mass is 79.9. The van der Waals surface area contributed by atoms with Crippen LogP contribution in [0.4, 0.5) is 0 Å². The van der Waals surface area contributed by atoms with Crippen molar-refractivity contribution in [3.8, 4) is 5.75 Å². The number of likely N-dealkylation sites (N-methyl/N-ethyl adjacent to an activating group) is 1. The summed E-state index contributed by atoms with van der Waals surface area (Å²) in [5.74, 6) is 1.05. The van der Waals surface area contributed by atoms with Gasteiger partial charge in [-0.15, -0.1) is 0 Å². The lowest BCUT2D eigenvalue weighted by atomic mass is 10.0. The smallest absolute Gasteiger partial charge is 0.161 e. The third kappa shape index (κ3) is 4.18. The Morgan fingerprint density at radius 2 is 1.95 bits per heavy atom. The molecular formula is C16H19Br2NO2. The maximum atomic E-state index is 12.1. The van der Waals surface area contributed by atoms with E-state index in [9.17, 15) is 4.79 Å². The van der Waals surface area contributed by atoms with Gasteiger partial charge in [0.05, 0.1) is 15.6 Å². The van der Waals surface area contributed by atoms with Crippen LogP contribution >= 0.6 is 31.9 Å². The number of carbonyl (C=O) groups excluding carboxylic acids is 1. The van der Waals surface area contributed by atoms with Gasteiger partial charge < -0.3 is 4.74 Å². The fourth-order valence-electron chi connectivity index (χ4n) is 2.37. The second-order valence-corrected chi connectivity index (χ2v) is 6.67. The number of rotatable bonds is 4. The van der Waals surface area contributed by atoms with Gasteiger partial charge in [-0.3, -0.25) is 9.69 Å². The predicted octanol–water partition coefficient (Wildman–Crippen LogP) is 4.29. The minimum Gasteiger partial charge on any atom is -0.492 e. The van der Waals surface area contributed by atoms with Gasteiger partial charge in [0.15, 0.2) is 5.78 Å². The van der Waals surface area contributed by atoms with E-state index in [2.05, 4.69) is 43.7 Å². The van der Waals surface area contributed by atoms with Gasteiger partial charge in [0, 0.05) is 25.1 Å². The van der Waals surface area contributed by atoms with E-state index in [1.165, 1.54) is 0 Å². The van der Waals surface area contributed by atoms with E-state index >= 15 is 0 Å². The highest BCUT2D eigenvalue weighted by Crippen LogP contribution is 2.35. The van der Waals surface area contributed by atoms with Gasteiger partial charge >= 0.3 is 0 Å². The zero-order valence-corrected chi connectivity index (χ0v) is 15.5. The first-order valence-electron chi connectivity index (χ1n) is 7.13. The third-order valence-electron chi connectivity index (χ3n) is 3.50. The Balaban J connectivity index is 2.29. The molecule has 1 heterocycles. The Kier molecular flexibility index (Phi) is 6.02. The normalized spacial score (nSPS) is 18.3. The first kappa shape index (κ1) is 16.7. The number of piperidine rings is 1. The molecule has 0 spiro atoms. The predicted molar refractivity (Wildman–Crippen MR) is 92.7 cm³/mol. The van der Waals surface area contributed by atoms with Crippen molar-refractivity contribution in [2.24, 2.45) is 0 Å². The van der Waals surface area contributed by atoms with E-state index in [0.29, 0.717) is 13.0 Å². The topological polar surface area (TPSA) is 29.5 Å². The fourth-order valence-corrected chi connectivity index (χ4v) is 3.82. The van der Waals surface area contributed by atoms with Crippen molar-refractivity contribution in [3.63, 3.8) is 0 Å². The molecule has 0 aliphatic carbocycles. The van der Waals surface area contributed by atoms with Gasteiger partial charge in [0.2, 0.25) is 0 Å². The van der Waals surface area contributed by atoms with E-state index < -0.39 is 0 Å². The molecule has 5 heteroatoms. The summed E-state index contributed by atoms with van der Waals surface area (Å²) in [6.07, 6.45) is 2.59. The van der Waals surface area contributed by atoms with E-state index in [4.69, 9.17) is 4.74 Å². The van der Waals surface area contributed by atoms with Crippen LogP contribution in [0.2, 0.25) is 0 Å². The zero-order chi connectivity index (χ0) is 15.4. The van der Waals surface area contributed by atoms with Crippen molar-refractivity contribution >= 4 is 43.7 Å². The number of Topliss-reactive ketones (excluding diaryl/α,β-unsaturated/α-hetero) is 1. The molecule has 2 rings (SSSR count). The summed E-state index contributed by atoms with van der Waals surface area (Å²) in [6, 6.07) is 3.97. The Hall–Kier alpha value is -0.650. The standard InChI is InChI=1S/C16H19Br2NO2/c1-3-19-6-5-15(20)12(10-19)7-11-8-13(17)16(21-4-2)14(18)9-11/h7-9H,3-6,10H2,1-2H3/b12-7+. The molecule has 1 aliphatic heterocycles. The maximum absolute atomic E-state index is 12.1. The van der Waals surface area contributed by atoms with Crippen LogP contribution in [0.3, 0.4) is 0 Å². The maximum Gasteiger partial charge on any atom is 0.161 e. The Bertz CT molecular complexity index is 546. The molecule has 0 amide bonds. The van der Waals surface area contributed by atoms with Crippen LogP contribution in [0.15, 0.2) is 26.7 Å². The zero-order valence-electron chi connectivity index (χ0n) is 12.3. The molecule has 1 saturated heterocycles.